The molecule has 2 aromatic rings. The number of benzene rings is 1. The van der Waals surface area contributed by atoms with Crippen LogP contribution in [0.4, 0.5) is 4.39 Å². The van der Waals surface area contributed by atoms with Crippen LogP contribution in [0.1, 0.15) is 11.1 Å². The Morgan fingerprint density at radius 2 is 1.71 bits per heavy atom. The number of pyridine rings is 1. The molecule has 0 atom stereocenters. The molecule has 1 aliphatic heterocycles. The number of rotatable bonds is 8. The first kappa shape index (κ1) is 20.0. The maximum Gasteiger partial charge on any atom is 0.293 e. The average Bonchev–Trinajstić information content (AvgIpc) is 2.71. The Labute approximate surface area is 162 Å². The van der Waals surface area contributed by atoms with Gasteiger partial charge in [0.05, 0.1) is 6.54 Å². The molecule has 0 amide bonds. The molecular formula is C20H24FN3O4. The van der Waals surface area contributed by atoms with Gasteiger partial charge in [-0.15, -0.1) is 0 Å². The van der Waals surface area contributed by atoms with Crippen LogP contribution in [0.25, 0.3) is 0 Å². The minimum Gasteiger partial charge on any atom is -0.503 e. The molecule has 1 fully saturated rings. The van der Waals surface area contributed by atoms with Gasteiger partial charge in [-0.25, -0.2) is 4.39 Å². The molecule has 0 bridgehead atoms. The molecule has 0 unspecified atom stereocenters. The number of piperazine rings is 1. The van der Waals surface area contributed by atoms with Crippen molar-refractivity contribution in [1.82, 2.24) is 14.4 Å². The van der Waals surface area contributed by atoms with Crippen molar-refractivity contribution < 1.29 is 19.0 Å². The Bertz CT molecular complexity index is 846. The first-order valence-corrected chi connectivity index (χ1v) is 9.22. The summed E-state index contributed by atoms with van der Waals surface area (Å²) in [6.07, 6.45) is 1.66. The van der Waals surface area contributed by atoms with E-state index in [-0.39, 0.29) is 18.1 Å². The zero-order valence-electron chi connectivity index (χ0n) is 15.6. The quantitative estimate of drug-likeness (QED) is 0.537. The molecule has 0 saturated carbocycles. The van der Waals surface area contributed by atoms with E-state index < -0.39 is 5.56 Å². The van der Waals surface area contributed by atoms with Crippen molar-refractivity contribution in [3.63, 3.8) is 0 Å². The highest BCUT2D eigenvalue weighted by Crippen LogP contribution is 2.16. The summed E-state index contributed by atoms with van der Waals surface area (Å²) in [5, 5.41) is 10.3. The number of aromatic nitrogens is 1. The van der Waals surface area contributed by atoms with Gasteiger partial charge in [0.15, 0.2) is 5.75 Å². The third-order valence-electron chi connectivity index (χ3n) is 4.94. The Balaban J connectivity index is 1.58. The summed E-state index contributed by atoms with van der Waals surface area (Å²) >= 11 is 0. The van der Waals surface area contributed by atoms with Crippen molar-refractivity contribution in [2.45, 2.75) is 13.1 Å². The van der Waals surface area contributed by atoms with Gasteiger partial charge in [0.2, 0.25) is 0 Å². The van der Waals surface area contributed by atoms with Gasteiger partial charge >= 0.3 is 0 Å². The molecule has 0 radical (unpaired) electrons. The molecule has 1 aliphatic rings. The SMILES string of the molecule is O=COCCN1CCN(Cc2ccn(Cc3ccc(F)cc3)c(=O)c2O)CC1. The van der Waals surface area contributed by atoms with E-state index in [2.05, 4.69) is 9.80 Å². The zero-order valence-corrected chi connectivity index (χ0v) is 15.6. The van der Waals surface area contributed by atoms with Crippen LogP contribution in [0.2, 0.25) is 0 Å². The van der Waals surface area contributed by atoms with Crippen molar-refractivity contribution in [2.75, 3.05) is 39.3 Å². The second-order valence-electron chi connectivity index (χ2n) is 6.83. The standard InChI is InChI=1S/C20H24FN3O4/c21-18-3-1-16(2-4-18)13-24-6-5-17(19(26)20(24)27)14-23-9-7-22(8-10-23)11-12-28-15-25/h1-6,15,26H,7-14H2. The monoisotopic (exact) mass is 389 g/mol. The molecule has 28 heavy (non-hydrogen) atoms. The van der Waals surface area contributed by atoms with E-state index in [9.17, 15) is 19.1 Å². The summed E-state index contributed by atoms with van der Waals surface area (Å²) in [6, 6.07) is 7.68. The lowest BCUT2D eigenvalue weighted by Crippen LogP contribution is -2.46. The molecule has 0 spiro atoms. The van der Waals surface area contributed by atoms with Gasteiger partial charge in [0.1, 0.15) is 12.4 Å². The molecule has 150 valence electrons. The first-order chi connectivity index (χ1) is 13.6. The lowest BCUT2D eigenvalue weighted by Gasteiger charge is -2.34. The highest BCUT2D eigenvalue weighted by atomic mass is 19.1. The summed E-state index contributed by atoms with van der Waals surface area (Å²) in [5.41, 5.74) is 0.926. The molecule has 2 heterocycles. The normalized spacial score (nSPS) is 15.5. The maximum absolute atomic E-state index is 13.0. The number of nitrogens with zero attached hydrogens (tertiary/aromatic N) is 3. The molecular weight excluding hydrogens is 365 g/mol. The van der Waals surface area contributed by atoms with E-state index in [1.54, 1.807) is 24.4 Å². The predicted octanol–water partition coefficient (Wildman–Crippen LogP) is 1.03. The number of hydrogen-bond donors (Lipinski definition) is 1. The average molecular weight is 389 g/mol. The second-order valence-corrected chi connectivity index (χ2v) is 6.83. The predicted molar refractivity (Wildman–Crippen MR) is 102 cm³/mol. The fourth-order valence-electron chi connectivity index (χ4n) is 3.28. The fourth-order valence-corrected chi connectivity index (χ4v) is 3.28. The Kier molecular flexibility index (Phi) is 6.78. The van der Waals surface area contributed by atoms with Gasteiger partial charge < -0.3 is 14.4 Å². The Morgan fingerprint density at radius 1 is 1.04 bits per heavy atom. The Morgan fingerprint density at radius 3 is 2.39 bits per heavy atom. The summed E-state index contributed by atoms with van der Waals surface area (Å²) in [4.78, 5) is 27.0. The van der Waals surface area contributed by atoms with Crippen molar-refractivity contribution in [3.05, 3.63) is 63.8 Å². The molecule has 1 aromatic carbocycles. The number of carbonyl (C=O) groups is 1. The van der Waals surface area contributed by atoms with Gasteiger partial charge in [0.25, 0.3) is 12.0 Å². The zero-order chi connectivity index (χ0) is 19.9. The van der Waals surface area contributed by atoms with Crippen LogP contribution in [0.5, 0.6) is 5.75 Å². The summed E-state index contributed by atoms with van der Waals surface area (Å²) < 4.78 is 19.1. The summed E-state index contributed by atoms with van der Waals surface area (Å²) in [6.45, 7) is 5.60. The molecule has 1 saturated heterocycles. The minimum atomic E-state index is -0.452. The topological polar surface area (TPSA) is 75.0 Å². The van der Waals surface area contributed by atoms with Crippen LogP contribution < -0.4 is 5.56 Å². The van der Waals surface area contributed by atoms with Crippen LogP contribution in [-0.4, -0.2) is 65.3 Å². The molecule has 1 aromatic heterocycles. The van der Waals surface area contributed by atoms with E-state index >= 15 is 0 Å². The number of hydrogen-bond acceptors (Lipinski definition) is 6. The molecule has 8 heteroatoms. The Hall–Kier alpha value is -2.71. The van der Waals surface area contributed by atoms with E-state index in [0.717, 1.165) is 31.7 Å². The lowest BCUT2D eigenvalue weighted by molar-refractivity contribution is -0.129. The van der Waals surface area contributed by atoms with Gasteiger partial charge in [-0.3, -0.25) is 19.4 Å². The number of halogens is 1. The largest absolute Gasteiger partial charge is 0.503 e. The van der Waals surface area contributed by atoms with Crippen LogP contribution in [0.3, 0.4) is 0 Å². The molecule has 0 aliphatic carbocycles. The lowest BCUT2D eigenvalue weighted by atomic mass is 10.2. The van der Waals surface area contributed by atoms with Gasteiger partial charge in [-0.05, 0) is 23.8 Å². The van der Waals surface area contributed by atoms with E-state index in [0.29, 0.717) is 31.7 Å². The summed E-state index contributed by atoms with van der Waals surface area (Å²) in [5.74, 6) is -0.572. The highest BCUT2D eigenvalue weighted by molar-refractivity contribution is 5.36. The minimum absolute atomic E-state index is 0.244. The smallest absolute Gasteiger partial charge is 0.293 e. The van der Waals surface area contributed by atoms with E-state index in [1.807, 2.05) is 0 Å². The second kappa shape index (κ2) is 9.48. The first-order valence-electron chi connectivity index (χ1n) is 9.22. The van der Waals surface area contributed by atoms with Crippen molar-refractivity contribution in [3.8, 4) is 5.75 Å². The molecule has 1 N–H and O–H groups in total. The summed E-state index contributed by atoms with van der Waals surface area (Å²) in [7, 11) is 0. The number of carbonyl (C=O) groups excluding carboxylic acids is 1. The van der Waals surface area contributed by atoms with Crippen molar-refractivity contribution in [1.29, 1.82) is 0 Å². The third kappa shape index (κ3) is 5.17. The van der Waals surface area contributed by atoms with Crippen LogP contribution in [0, 0.1) is 5.82 Å². The van der Waals surface area contributed by atoms with Crippen molar-refractivity contribution in [2.24, 2.45) is 0 Å². The maximum atomic E-state index is 13.0. The van der Waals surface area contributed by atoms with Crippen LogP contribution in [0.15, 0.2) is 41.3 Å². The fraction of sp³-hybridized carbons (Fsp3) is 0.400. The number of aromatic hydroxyl groups is 1. The number of ether oxygens (including phenoxy) is 1. The van der Waals surface area contributed by atoms with Gasteiger partial charge in [-0.1, -0.05) is 12.1 Å². The van der Waals surface area contributed by atoms with Crippen molar-refractivity contribution >= 4 is 6.47 Å². The van der Waals surface area contributed by atoms with Gasteiger partial charge in [0, 0.05) is 51.0 Å². The molecule has 3 rings (SSSR count). The highest BCUT2D eigenvalue weighted by Gasteiger charge is 2.19. The van der Waals surface area contributed by atoms with Gasteiger partial charge in [-0.2, -0.15) is 0 Å². The van der Waals surface area contributed by atoms with E-state index in [4.69, 9.17) is 4.74 Å². The van der Waals surface area contributed by atoms with E-state index in [1.165, 1.54) is 16.7 Å². The third-order valence-corrected chi connectivity index (χ3v) is 4.94. The van der Waals surface area contributed by atoms with Crippen LogP contribution in [-0.2, 0) is 22.6 Å². The molecule has 7 nitrogen and oxygen atoms in total. The van der Waals surface area contributed by atoms with Crippen LogP contribution >= 0.6 is 0 Å².